The fraction of sp³-hybridized carbons (Fsp3) is 0.917. The molecule has 0 amide bonds. The van der Waals surface area contributed by atoms with Gasteiger partial charge in [0.1, 0.15) is 5.78 Å². The molecule has 0 bridgehead atoms. The third-order valence-electron chi connectivity index (χ3n) is 3.19. The van der Waals surface area contributed by atoms with E-state index in [4.69, 9.17) is 0 Å². The largest absolute Gasteiger partial charge is 0.316 e. The molecular formula is C12H23NO. The van der Waals surface area contributed by atoms with Gasteiger partial charge in [0.25, 0.3) is 0 Å². The van der Waals surface area contributed by atoms with Gasteiger partial charge in [0, 0.05) is 18.4 Å². The quantitative estimate of drug-likeness (QED) is 0.733. The molecule has 0 radical (unpaired) electrons. The number of hydrogen-bond donors (Lipinski definition) is 1. The zero-order chi connectivity index (χ0) is 10.4. The Hall–Kier alpha value is -0.370. The Morgan fingerprint density at radius 2 is 2.00 bits per heavy atom. The van der Waals surface area contributed by atoms with Crippen molar-refractivity contribution in [1.82, 2.24) is 5.32 Å². The molecule has 1 saturated carbocycles. The monoisotopic (exact) mass is 197 g/mol. The van der Waals surface area contributed by atoms with Crippen molar-refractivity contribution in [3.63, 3.8) is 0 Å². The third-order valence-corrected chi connectivity index (χ3v) is 3.19. The smallest absolute Gasteiger partial charge is 0.140 e. The van der Waals surface area contributed by atoms with E-state index in [1.165, 1.54) is 19.3 Å². The molecule has 2 heteroatoms. The number of rotatable bonds is 5. The first kappa shape index (κ1) is 11.7. The lowest BCUT2D eigenvalue weighted by Crippen LogP contribution is -2.31. The summed E-state index contributed by atoms with van der Waals surface area (Å²) in [5, 5.41) is 3.25. The number of nitrogens with one attached hydrogen (secondary N) is 1. The SMILES string of the molecule is CCNCC(C)C(=O)C1CCCCC1. The molecule has 82 valence electrons. The summed E-state index contributed by atoms with van der Waals surface area (Å²) in [4.78, 5) is 12.0. The Balaban J connectivity index is 2.30. The lowest BCUT2D eigenvalue weighted by molar-refractivity contribution is -0.127. The van der Waals surface area contributed by atoms with E-state index in [1.807, 2.05) is 0 Å². The topological polar surface area (TPSA) is 29.1 Å². The van der Waals surface area contributed by atoms with E-state index in [0.717, 1.165) is 25.9 Å². The summed E-state index contributed by atoms with van der Waals surface area (Å²) in [6.07, 6.45) is 6.10. The Labute approximate surface area is 87.5 Å². The highest BCUT2D eigenvalue weighted by molar-refractivity contribution is 5.83. The van der Waals surface area contributed by atoms with Gasteiger partial charge in [-0.05, 0) is 19.4 Å². The molecule has 0 aliphatic heterocycles. The summed E-state index contributed by atoms with van der Waals surface area (Å²) in [5.41, 5.74) is 0. The highest BCUT2D eigenvalue weighted by Gasteiger charge is 2.24. The minimum Gasteiger partial charge on any atom is -0.316 e. The third kappa shape index (κ3) is 3.41. The Morgan fingerprint density at radius 3 is 2.57 bits per heavy atom. The van der Waals surface area contributed by atoms with Crippen LogP contribution >= 0.6 is 0 Å². The van der Waals surface area contributed by atoms with Crippen molar-refractivity contribution in [3.8, 4) is 0 Å². The molecule has 0 spiro atoms. The molecule has 14 heavy (non-hydrogen) atoms. The standard InChI is InChI=1S/C12H23NO/c1-3-13-9-10(2)12(14)11-7-5-4-6-8-11/h10-11,13H,3-9H2,1-2H3. The fourth-order valence-electron chi connectivity index (χ4n) is 2.25. The molecule has 1 rings (SSSR count). The maximum absolute atomic E-state index is 12.0. The fourth-order valence-corrected chi connectivity index (χ4v) is 2.25. The molecule has 0 aromatic heterocycles. The van der Waals surface area contributed by atoms with Crippen molar-refractivity contribution in [2.75, 3.05) is 13.1 Å². The molecule has 2 nitrogen and oxygen atoms in total. The van der Waals surface area contributed by atoms with Crippen LogP contribution < -0.4 is 5.32 Å². The molecule has 1 N–H and O–H groups in total. The normalized spacial score (nSPS) is 20.7. The molecule has 0 aromatic rings. The molecule has 1 unspecified atom stereocenters. The van der Waals surface area contributed by atoms with Crippen molar-refractivity contribution in [1.29, 1.82) is 0 Å². The maximum Gasteiger partial charge on any atom is 0.140 e. The van der Waals surface area contributed by atoms with E-state index >= 15 is 0 Å². The maximum atomic E-state index is 12.0. The van der Waals surface area contributed by atoms with Crippen LogP contribution in [0.5, 0.6) is 0 Å². The van der Waals surface area contributed by atoms with Gasteiger partial charge in [0.15, 0.2) is 0 Å². The summed E-state index contributed by atoms with van der Waals surface area (Å²) >= 11 is 0. The van der Waals surface area contributed by atoms with Crippen molar-refractivity contribution in [2.24, 2.45) is 11.8 Å². The van der Waals surface area contributed by atoms with Gasteiger partial charge in [-0.25, -0.2) is 0 Å². The molecule has 0 heterocycles. The lowest BCUT2D eigenvalue weighted by Gasteiger charge is -2.23. The second-order valence-electron chi connectivity index (χ2n) is 4.45. The lowest BCUT2D eigenvalue weighted by atomic mass is 9.82. The zero-order valence-corrected chi connectivity index (χ0v) is 9.51. The molecule has 1 aliphatic carbocycles. The van der Waals surface area contributed by atoms with Gasteiger partial charge in [-0.3, -0.25) is 4.79 Å². The summed E-state index contributed by atoms with van der Waals surface area (Å²) < 4.78 is 0. The van der Waals surface area contributed by atoms with E-state index < -0.39 is 0 Å². The van der Waals surface area contributed by atoms with Crippen LogP contribution in [0.1, 0.15) is 46.0 Å². The summed E-state index contributed by atoms with van der Waals surface area (Å²) in [6, 6.07) is 0. The van der Waals surface area contributed by atoms with Crippen LogP contribution in [0.2, 0.25) is 0 Å². The van der Waals surface area contributed by atoms with Crippen LogP contribution in [0.15, 0.2) is 0 Å². The van der Waals surface area contributed by atoms with E-state index in [2.05, 4.69) is 19.2 Å². The van der Waals surface area contributed by atoms with Gasteiger partial charge in [0.2, 0.25) is 0 Å². The predicted molar refractivity (Wildman–Crippen MR) is 59.3 cm³/mol. The number of hydrogen-bond acceptors (Lipinski definition) is 2. The zero-order valence-electron chi connectivity index (χ0n) is 9.51. The summed E-state index contributed by atoms with van der Waals surface area (Å²) in [7, 11) is 0. The van der Waals surface area contributed by atoms with Crippen LogP contribution in [0.25, 0.3) is 0 Å². The van der Waals surface area contributed by atoms with E-state index in [1.54, 1.807) is 0 Å². The first-order valence-corrected chi connectivity index (χ1v) is 6.00. The molecular weight excluding hydrogens is 174 g/mol. The Kier molecular flexibility index (Phi) is 5.16. The second-order valence-corrected chi connectivity index (χ2v) is 4.45. The number of Topliss-reactive ketones (excluding diaryl/α,β-unsaturated/α-hetero) is 1. The van der Waals surface area contributed by atoms with Crippen LogP contribution in [0, 0.1) is 11.8 Å². The number of ketones is 1. The minimum atomic E-state index is 0.207. The van der Waals surface area contributed by atoms with Crippen LogP contribution in [-0.4, -0.2) is 18.9 Å². The number of carbonyl (C=O) groups is 1. The van der Waals surface area contributed by atoms with E-state index in [9.17, 15) is 4.79 Å². The van der Waals surface area contributed by atoms with Crippen LogP contribution in [0.3, 0.4) is 0 Å². The van der Waals surface area contributed by atoms with E-state index in [0.29, 0.717) is 11.7 Å². The molecule has 0 aromatic carbocycles. The average Bonchev–Trinajstić information content (AvgIpc) is 2.26. The molecule has 1 atom stereocenters. The predicted octanol–water partition coefficient (Wildman–Crippen LogP) is 2.38. The Bertz CT molecular complexity index is 173. The van der Waals surface area contributed by atoms with Gasteiger partial charge >= 0.3 is 0 Å². The Morgan fingerprint density at radius 1 is 1.36 bits per heavy atom. The van der Waals surface area contributed by atoms with Crippen molar-refractivity contribution >= 4 is 5.78 Å². The minimum absolute atomic E-state index is 0.207. The van der Waals surface area contributed by atoms with Gasteiger partial charge in [-0.1, -0.05) is 33.1 Å². The highest BCUT2D eigenvalue weighted by Crippen LogP contribution is 2.26. The van der Waals surface area contributed by atoms with Crippen molar-refractivity contribution < 1.29 is 4.79 Å². The molecule has 0 saturated heterocycles. The van der Waals surface area contributed by atoms with Gasteiger partial charge in [0.05, 0.1) is 0 Å². The number of carbonyl (C=O) groups excluding carboxylic acids is 1. The second kappa shape index (κ2) is 6.18. The first-order valence-electron chi connectivity index (χ1n) is 6.00. The van der Waals surface area contributed by atoms with Gasteiger partial charge in [-0.2, -0.15) is 0 Å². The first-order chi connectivity index (χ1) is 6.75. The average molecular weight is 197 g/mol. The summed E-state index contributed by atoms with van der Waals surface area (Å²) in [5.74, 6) is 1.07. The molecule has 1 aliphatic rings. The van der Waals surface area contributed by atoms with Crippen molar-refractivity contribution in [3.05, 3.63) is 0 Å². The summed E-state index contributed by atoms with van der Waals surface area (Å²) in [6.45, 7) is 5.95. The van der Waals surface area contributed by atoms with Crippen LogP contribution in [0.4, 0.5) is 0 Å². The van der Waals surface area contributed by atoms with E-state index in [-0.39, 0.29) is 5.92 Å². The molecule has 1 fully saturated rings. The van der Waals surface area contributed by atoms with Gasteiger partial charge < -0.3 is 5.32 Å². The van der Waals surface area contributed by atoms with Crippen molar-refractivity contribution in [2.45, 2.75) is 46.0 Å². The van der Waals surface area contributed by atoms with Crippen LogP contribution in [-0.2, 0) is 4.79 Å². The van der Waals surface area contributed by atoms with Gasteiger partial charge in [-0.15, -0.1) is 0 Å². The highest BCUT2D eigenvalue weighted by atomic mass is 16.1.